The third-order valence-electron chi connectivity index (χ3n) is 5.20. The number of esters is 1. The van der Waals surface area contributed by atoms with Gasteiger partial charge in [-0.05, 0) is 36.8 Å². The largest absolute Gasteiger partial charge is 0.504 e. The average Bonchev–Trinajstić information content (AvgIpc) is 2.87. The molecule has 1 aliphatic heterocycles. The summed E-state index contributed by atoms with van der Waals surface area (Å²) >= 11 is 0. The Balaban J connectivity index is 1.68. The highest BCUT2D eigenvalue weighted by atomic mass is 16.5. The molecule has 0 spiro atoms. The number of phenols is 1. The summed E-state index contributed by atoms with van der Waals surface area (Å²) in [5.41, 5.74) is 3.81. The molecule has 1 heterocycles. The van der Waals surface area contributed by atoms with Crippen LogP contribution in [0.15, 0.2) is 52.8 Å². The van der Waals surface area contributed by atoms with E-state index in [0.29, 0.717) is 16.8 Å². The third kappa shape index (κ3) is 5.84. The number of carbonyl (C=O) groups is 3. The summed E-state index contributed by atoms with van der Waals surface area (Å²) in [6.07, 6.45) is 1.27. The molecular formula is C24H26N4O8. The minimum absolute atomic E-state index is 0.107. The Labute approximate surface area is 206 Å². The van der Waals surface area contributed by atoms with Gasteiger partial charge in [-0.15, -0.1) is 0 Å². The molecule has 0 aromatic heterocycles. The first-order valence-electron chi connectivity index (χ1n) is 10.6. The molecule has 3 amide bonds. The van der Waals surface area contributed by atoms with E-state index in [0.717, 1.165) is 0 Å². The summed E-state index contributed by atoms with van der Waals surface area (Å²) in [7, 11) is 4.09. The number of aromatic hydroxyl groups is 1. The molecule has 1 aliphatic rings. The Morgan fingerprint density at radius 2 is 1.86 bits per heavy atom. The van der Waals surface area contributed by atoms with Crippen LogP contribution in [0.4, 0.5) is 4.79 Å². The topological polar surface area (TPSA) is 157 Å². The number of nitrogens with zero attached hydrogens (tertiary/aromatic N) is 1. The van der Waals surface area contributed by atoms with Crippen molar-refractivity contribution in [3.8, 4) is 23.0 Å². The smallest absolute Gasteiger partial charge is 0.337 e. The number of carbonyl (C=O) groups excluding carboxylic acids is 3. The van der Waals surface area contributed by atoms with Crippen LogP contribution in [-0.4, -0.2) is 57.2 Å². The van der Waals surface area contributed by atoms with Crippen LogP contribution >= 0.6 is 0 Å². The van der Waals surface area contributed by atoms with Crippen molar-refractivity contribution in [1.29, 1.82) is 0 Å². The maximum Gasteiger partial charge on any atom is 0.337 e. The number of para-hydroxylation sites is 1. The van der Waals surface area contributed by atoms with Gasteiger partial charge in [-0.25, -0.2) is 15.0 Å². The molecule has 0 saturated carbocycles. The molecule has 0 aliphatic carbocycles. The standard InChI is InChI=1S/C24H26N4O8/c1-13-20(23(31)35-4)21(27-24(32)26-13)14-8-9-16(18(10-14)34-3)36-12-19(29)28-25-11-15-6-5-7-17(33-2)22(15)30/h5-11,21,30H,12H2,1-4H3,(H,28,29)(H2,26,27,32)/b25-11-/t21-/m1/s1. The Morgan fingerprint density at radius 3 is 2.56 bits per heavy atom. The van der Waals surface area contributed by atoms with Gasteiger partial charge in [0, 0.05) is 11.3 Å². The van der Waals surface area contributed by atoms with Crippen LogP contribution in [0.3, 0.4) is 0 Å². The van der Waals surface area contributed by atoms with Gasteiger partial charge in [0.05, 0.1) is 39.2 Å². The van der Waals surface area contributed by atoms with Crippen molar-refractivity contribution in [1.82, 2.24) is 16.1 Å². The van der Waals surface area contributed by atoms with E-state index < -0.39 is 23.9 Å². The SMILES string of the molecule is COC(=O)C1=C(C)NC(=O)N[C@@H]1c1ccc(OCC(=O)N/N=C\c2cccc(OC)c2O)c(OC)c1. The normalized spacial score (nSPS) is 15.1. The number of phenolic OH excluding ortho intramolecular Hbond substituents is 1. The second kappa shape index (κ2) is 11.6. The number of ether oxygens (including phenoxy) is 4. The van der Waals surface area contributed by atoms with Gasteiger partial charge in [0.15, 0.2) is 29.6 Å². The first-order chi connectivity index (χ1) is 17.3. The zero-order valence-corrected chi connectivity index (χ0v) is 20.1. The first-order valence-corrected chi connectivity index (χ1v) is 10.6. The van der Waals surface area contributed by atoms with Gasteiger partial charge in [0.25, 0.3) is 5.91 Å². The highest BCUT2D eigenvalue weighted by molar-refractivity contribution is 5.95. The number of amides is 3. The maximum absolute atomic E-state index is 12.3. The quantitative estimate of drug-likeness (QED) is 0.231. The average molecular weight is 498 g/mol. The fraction of sp³-hybridized carbons (Fsp3) is 0.250. The summed E-state index contributed by atoms with van der Waals surface area (Å²) < 4.78 is 20.8. The minimum Gasteiger partial charge on any atom is -0.504 e. The number of hydrazone groups is 1. The van der Waals surface area contributed by atoms with Crippen molar-refractivity contribution in [2.75, 3.05) is 27.9 Å². The lowest BCUT2D eigenvalue weighted by Gasteiger charge is -2.28. The van der Waals surface area contributed by atoms with Crippen molar-refractivity contribution in [3.05, 3.63) is 58.8 Å². The molecule has 0 saturated heterocycles. The molecule has 1 atom stereocenters. The van der Waals surface area contributed by atoms with Crippen molar-refractivity contribution < 1.29 is 38.4 Å². The van der Waals surface area contributed by atoms with Gasteiger partial charge in [0.2, 0.25) is 0 Å². The summed E-state index contributed by atoms with van der Waals surface area (Å²) in [5, 5.41) is 19.1. The summed E-state index contributed by atoms with van der Waals surface area (Å²) in [5.74, 6) is -0.450. The van der Waals surface area contributed by atoms with E-state index in [4.69, 9.17) is 18.9 Å². The lowest BCUT2D eigenvalue weighted by atomic mass is 9.95. The lowest BCUT2D eigenvalue weighted by Crippen LogP contribution is -2.45. The van der Waals surface area contributed by atoms with E-state index in [1.807, 2.05) is 0 Å². The summed E-state index contributed by atoms with van der Waals surface area (Å²) in [6, 6.07) is 8.38. The van der Waals surface area contributed by atoms with E-state index in [1.54, 1.807) is 43.3 Å². The third-order valence-corrected chi connectivity index (χ3v) is 5.20. The minimum atomic E-state index is -0.778. The van der Waals surface area contributed by atoms with Gasteiger partial charge < -0.3 is 34.7 Å². The Hall–Kier alpha value is -4.74. The monoisotopic (exact) mass is 498 g/mol. The van der Waals surface area contributed by atoms with Crippen molar-refractivity contribution in [2.24, 2.45) is 5.10 Å². The zero-order chi connectivity index (χ0) is 26.2. The van der Waals surface area contributed by atoms with E-state index in [2.05, 4.69) is 21.2 Å². The molecule has 0 radical (unpaired) electrons. The van der Waals surface area contributed by atoms with Crippen molar-refractivity contribution in [3.63, 3.8) is 0 Å². The molecule has 3 rings (SSSR count). The van der Waals surface area contributed by atoms with Crippen molar-refractivity contribution >= 4 is 24.1 Å². The van der Waals surface area contributed by atoms with Gasteiger partial charge in [-0.3, -0.25) is 4.79 Å². The molecular weight excluding hydrogens is 472 g/mol. The van der Waals surface area contributed by atoms with Gasteiger partial charge in [-0.2, -0.15) is 5.10 Å². The molecule has 0 fully saturated rings. The predicted octanol–water partition coefficient (Wildman–Crippen LogP) is 1.74. The highest BCUT2D eigenvalue weighted by Crippen LogP contribution is 2.34. The molecule has 2 aromatic carbocycles. The number of benzene rings is 2. The molecule has 12 nitrogen and oxygen atoms in total. The summed E-state index contributed by atoms with van der Waals surface area (Å²) in [4.78, 5) is 36.5. The number of urea groups is 1. The number of rotatable bonds is 9. The van der Waals surface area contributed by atoms with E-state index in [-0.39, 0.29) is 35.2 Å². The number of methoxy groups -OCH3 is 3. The van der Waals surface area contributed by atoms with Crippen LogP contribution < -0.4 is 30.3 Å². The Morgan fingerprint density at radius 1 is 1.11 bits per heavy atom. The maximum atomic E-state index is 12.3. The molecule has 36 heavy (non-hydrogen) atoms. The fourth-order valence-electron chi connectivity index (χ4n) is 3.46. The highest BCUT2D eigenvalue weighted by Gasteiger charge is 2.32. The van der Waals surface area contributed by atoms with Gasteiger partial charge >= 0.3 is 12.0 Å². The van der Waals surface area contributed by atoms with Gasteiger partial charge in [-0.1, -0.05) is 12.1 Å². The van der Waals surface area contributed by atoms with E-state index >= 15 is 0 Å². The second-order valence-electron chi connectivity index (χ2n) is 7.45. The van der Waals surface area contributed by atoms with E-state index in [1.165, 1.54) is 27.5 Å². The molecule has 0 unspecified atom stereocenters. The van der Waals surface area contributed by atoms with Gasteiger partial charge in [0.1, 0.15) is 0 Å². The molecule has 0 bridgehead atoms. The summed E-state index contributed by atoms with van der Waals surface area (Å²) in [6.45, 7) is 1.22. The Bertz CT molecular complexity index is 1220. The molecule has 4 N–H and O–H groups in total. The molecule has 12 heteroatoms. The predicted molar refractivity (Wildman–Crippen MR) is 128 cm³/mol. The first kappa shape index (κ1) is 25.9. The van der Waals surface area contributed by atoms with Crippen LogP contribution in [-0.2, 0) is 14.3 Å². The molecule has 190 valence electrons. The van der Waals surface area contributed by atoms with E-state index in [9.17, 15) is 19.5 Å². The lowest BCUT2D eigenvalue weighted by molar-refractivity contribution is -0.136. The van der Waals surface area contributed by atoms with Crippen LogP contribution in [0.5, 0.6) is 23.0 Å². The number of allylic oxidation sites excluding steroid dienone is 1. The number of nitrogens with one attached hydrogen (secondary N) is 3. The number of hydrogen-bond donors (Lipinski definition) is 4. The van der Waals surface area contributed by atoms with Crippen LogP contribution in [0.1, 0.15) is 24.1 Å². The zero-order valence-electron chi connectivity index (χ0n) is 20.1. The second-order valence-corrected chi connectivity index (χ2v) is 7.45. The Kier molecular flexibility index (Phi) is 8.34. The molecule has 2 aromatic rings. The van der Waals surface area contributed by atoms with Crippen LogP contribution in [0.2, 0.25) is 0 Å². The van der Waals surface area contributed by atoms with Crippen molar-refractivity contribution in [2.45, 2.75) is 13.0 Å². The fourth-order valence-corrected chi connectivity index (χ4v) is 3.46. The number of hydrogen-bond acceptors (Lipinski definition) is 9. The van der Waals surface area contributed by atoms with Crippen LogP contribution in [0.25, 0.3) is 0 Å². The van der Waals surface area contributed by atoms with Crippen LogP contribution in [0, 0.1) is 0 Å².